The molecule has 19 heavy (non-hydrogen) atoms. The van der Waals surface area contributed by atoms with Crippen molar-refractivity contribution in [3.63, 3.8) is 0 Å². The molecule has 1 atom stereocenters. The maximum Gasteiger partial charge on any atom is 0.0956 e. The zero-order valence-corrected chi connectivity index (χ0v) is 13.3. The first kappa shape index (κ1) is 17.6. The van der Waals surface area contributed by atoms with Crippen LogP contribution in [0, 0.1) is 0 Å². The van der Waals surface area contributed by atoms with Gasteiger partial charge in [-0.2, -0.15) is 0 Å². The molecular formula is C17H30N2. The molecule has 1 unspecified atom stereocenters. The topological polar surface area (TPSA) is 24.1 Å². The van der Waals surface area contributed by atoms with Crippen LogP contribution in [0.25, 0.3) is 0 Å². The highest BCUT2D eigenvalue weighted by Gasteiger charge is 2.07. The van der Waals surface area contributed by atoms with Crippen LogP contribution in [0.5, 0.6) is 0 Å². The predicted octanol–water partition coefficient (Wildman–Crippen LogP) is 4.64. The number of hydrogen-bond donors (Lipinski definition) is 2. The van der Waals surface area contributed by atoms with Crippen molar-refractivity contribution in [1.82, 2.24) is 10.6 Å². The molecule has 2 heteroatoms. The van der Waals surface area contributed by atoms with Crippen molar-refractivity contribution in [3.8, 4) is 0 Å². The molecule has 0 spiro atoms. The molecule has 0 amide bonds. The summed E-state index contributed by atoms with van der Waals surface area (Å²) in [4.78, 5) is 0. The summed E-state index contributed by atoms with van der Waals surface area (Å²) in [6.45, 7) is 18.4. The van der Waals surface area contributed by atoms with E-state index in [0.29, 0.717) is 6.04 Å². The molecule has 0 saturated heterocycles. The second-order valence-electron chi connectivity index (χ2n) is 5.19. The van der Waals surface area contributed by atoms with Gasteiger partial charge in [-0.15, -0.1) is 0 Å². The van der Waals surface area contributed by atoms with Gasteiger partial charge in [0.15, 0.2) is 0 Å². The fourth-order valence-corrected chi connectivity index (χ4v) is 2.09. The molecule has 0 aromatic rings. The first-order chi connectivity index (χ1) is 8.90. The van der Waals surface area contributed by atoms with Gasteiger partial charge in [-0.1, -0.05) is 44.2 Å². The Hall–Kier alpha value is -1.44. The Morgan fingerprint density at radius 2 is 1.89 bits per heavy atom. The Morgan fingerprint density at radius 1 is 1.26 bits per heavy atom. The molecule has 0 aromatic heterocycles. The quantitative estimate of drug-likeness (QED) is 0.591. The lowest BCUT2D eigenvalue weighted by atomic mass is 9.98. The average molecular weight is 262 g/mol. The van der Waals surface area contributed by atoms with Crippen LogP contribution >= 0.6 is 0 Å². The molecule has 0 aromatic carbocycles. The van der Waals surface area contributed by atoms with Crippen molar-refractivity contribution in [1.29, 1.82) is 0 Å². The van der Waals surface area contributed by atoms with Crippen LogP contribution in [0.4, 0.5) is 0 Å². The summed E-state index contributed by atoms with van der Waals surface area (Å²) in [7, 11) is 0. The fraction of sp³-hybridized carbons (Fsp3) is 0.529. The second kappa shape index (κ2) is 9.48. The molecular weight excluding hydrogens is 232 g/mol. The van der Waals surface area contributed by atoms with E-state index in [4.69, 9.17) is 0 Å². The highest BCUT2D eigenvalue weighted by Crippen LogP contribution is 2.17. The SMILES string of the molecule is C=C(C)NC(=C)NC(C)CC(/C=C\C)=C(\C)CCC. The predicted molar refractivity (Wildman–Crippen MR) is 86.7 cm³/mol. The maximum absolute atomic E-state index is 3.95. The van der Waals surface area contributed by atoms with Gasteiger partial charge in [0.2, 0.25) is 0 Å². The van der Waals surface area contributed by atoms with Gasteiger partial charge in [-0.05, 0) is 46.1 Å². The molecule has 0 saturated carbocycles. The minimum Gasteiger partial charge on any atom is -0.369 e. The van der Waals surface area contributed by atoms with E-state index >= 15 is 0 Å². The smallest absolute Gasteiger partial charge is 0.0956 e. The van der Waals surface area contributed by atoms with Gasteiger partial charge in [0, 0.05) is 11.7 Å². The average Bonchev–Trinajstić information content (AvgIpc) is 2.27. The van der Waals surface area contributed by atoms with Crippen LogP contribution in [0.3, 0.4) is 0 Å². The molecule has 108 valence electrons. The summed E-state index contributed by atoms with van der Waals surface area (Å²) >= 11 is 0. The van der Waals surface area contributed by atoms with Crippen LogP contribution in [0.15, 0.2) is 48.0 Å². The van der Waals surface area contributed by atoms with Crippen molar-refractivity contribution in [2.45, 2.75) is 59.9 Å². The van der Waals surface area contributed by atoms with Crippen LogP contribution in [0.2, 0.25) is 0 Å². The van der Waals surface area contributed by atoms with Crippen molar-refractivity contribution >= 4 is 0 Å². The third-order valence-electron chi connectivity index (χ3n) is 2.85. The molecule has 0 aliphatic rings. The van der Waals surface area contributed by atoms with Crippen molar-refractivity contribution < 1.29 is 0 Å². The van der Waals surface area contributed by atoms with Crippen LogP contribution in [-0.2, 0) is 0 Å². The van der Waals surface area contributed by atoms with E-state index in [1.807, 2.05) is 6.92 Å². The summed E-state index contributed by atoms with van der Waals surface area (Å²) in [6, 6.07) is 0.345. The Kier molecular flexibility index (Phi) is 8.77. The van der Waals surface area contributed by atoms with Gasteiger partial charge < -0.3 is 10.6 Å². The minimum atomic E-state index is 0.345. The van der Waals surface area contributed by atoms with Gasteiger partial charge in [0.25, 0.3) is 0 Å². The van der Waals surface area contributed by atoms with Crippen LogP contribution in [-0.4, -0.2) is 6.04 Å². The molecule has 2 nitrogen and oxygen atoms in total. The number of nitrogens with one attached hydrogen (secondary N) is 2. The standard InChI is InChI=1S/C17H30N2/c1-8-10-14(5)17(11-9-2)12-15(6)19-16(7)18-13(3)4/h9,11,15,18-19H,3,7-8,10,12H2,1-2,4-6H3/b11-9-,17-14+. The van der Waals surface area contributed by atoms with E-state index in [1.165, 1.54) is 17.6 Å². The third-order valence-corrected chi connectivity index (χ3v) is 2.85. The van der Waals surface area contributed by atoms with Gasteiger partial charge in [-0.3, -0.25) is 0 Å². The Bertz CT molecular complexity index is 361. The Balaban J connectivity index is 4.56. The van der Waals surface area contributed by atoms with E-state index in [1.54, 1.807) is 0 Å². The van der Waals surface area contributed by atoms with E-state index < -0.39 is 0 Å². The monoisotopic (exact) mass is 262 g/mol. The molecule has 0 radical (unpaired) electrons. The summed E-state index contributed by atoms with van der Waals surface area (Å²) in [6.07, 6.45) is 7.70. The van der Waals surface area contributed by atoms with Gasteiger partial charge in [0.05, 0.1) is 5.82 Å². The second-order valence-corrected chi connectivity index (χ2v) is 5.19. The number of allylic oxidation sites excluding steroid dienone is 4. The summed E-state index contributed by atoms with van der Waals surface area (Å²) in [5.41, 5.74) is 3.80. The maximum atomic E-state index is 3.95. The van der Waals surface area contributed by atoms with Gasteiger partial charge in [-0.25, -0.2) is 0 Å². The first-order valence-corrected chi connectivity index (χ1v) is 7.09. The van der Waals surface area contributed by atoms with Crippen molar-refractivity contribution in [3.05, 3.63) is 48.0 Å². The number of rotatable bonds is 9. The summed E-state index contributed by atoms with van der Waals surface area (Å²) in [5.74, 6) is 0.813. The lowest BCUT2D eigenvalue weighted by Gasteiger charge is -2.20. The molecule has 0 bridgehead atoms. The normalized spacial score (nSPS) is 13.9. The highest BCUT2D eigenvalue weighted by atomic mass is 15.1. The van der Waals surface area contributed by atoms with E-state index in [2.05, 4.69) is 63.6 Å². The summed E-state index contributed by atoms with van der Waals surface area (Å²) < 4.78 is 0. The highest BCUT2D eigenvalue weighted by molar-refractivity contribution is 5.25. The lowest BCUT2D eigenvalue weighted by molar-refractivity contribution is 0.586. The molecule has 0 heterocycles. The fourth-order valence-electron chi connectivity index (χ4n) is 2.09. The van der Waals surface area contributed by atoms with Crippen LogP contribution in [0.1, 0.15) is 53.9 Å². The Labute approximate surface area is 119 Å². The zero-order valence-electron chi connectivity index (χ0n) is 13.3. The van der Waals surface area contributed by atoms with Crippen molar-refractivity contribution in [2.75, 3.05) is 0 Å². The summed E-state index contributed by atoms with van der Waals surface area (Å²) in [5, 5.41) is 6.46. The van der Waals surface area contributed by atoms with E-state index in [-0.39, 0.29) is 0 Å². The molecule has 0 aliphatic carbocycles. The molecule has 0 fully saturated rings. The van der Waals surface area contributed by atoms with Crippen molar-refractivity contribution in [2.24, 2.45) is 0 Å². The molecule has 0 rings (SSSR count). The molecule has 2 N–H and O–H groups in total. The zero-order chi connectivity index (χ0) is 14.8. The van der Waals surface area contributed by atoms with Gasteiger partial charge >= 0.3 is 0 Å². The Morgan fingerprint density at radius 3 is 2.37 bits per heavy atom. The lowest BCUT2D eigenvalue weighted by Crippen LogP contribution is -2.31. The molecule has 0 aliphatic heterocycles. The first-order valence-electron chi connectivity index (χ1n) is 7.09. The minimum absolute atomic E-state index is 0.345. The van der Waals surface area contributed by atoms with Crippen LogP contribution < -0.4 is 10.6 Å². The van der Waals surface area contributed by atoms with E-state index in [9.17, 15) is 0 Å². The van der Waals surface area contributed by atoms with Gasteiger partial charge in [0.1, 0.15) is 0 Å². The van der Waals surface area contributed by atoms with E-state index in [0.717, 1.165) is 24.4 Å². The largest absolute Gasteiger partial charge is 0.369 e. The third kappa shape index (κ3) is 8.30. The number of hydrogen-bond acceptors (Lipinski definition) is 2.